The average Bonchev–Trinajstić information content (AvgIpc) is 2.13. The number of halogens is 1. The highest BCUT2D eigenvalue weighted by atomic mass is 79.9. The van der Waals surface area contributed by atoms with E-state index in [0.717, 1.165) is 10.0 Å². The molecule has 1 rings (SSSR count). The van der Waals surface area contributed by atoms with E-state index in [-0.39, 0.29) is 0 Å². The van der Waals surface area contributed by atoms with Crippen LogP contribution in [-0.2, 0) is 11.3 Å². The van der Waals surface area contributed by atoms with Crippen molar-refractivity contribution in [2.45, 2.75) is 39.8 Å². The number of amides is 1. The molecule has 0 radical (unpaired) electrons. The molecule has 0 saturated heterocycles. The van der Waals surface area contributed by atoms with Gasteiger partial charge < -0.3 is 10.1 Å². The van der Waals surface area contributed by atoms with Crippen LogP contribution in [0.5, 0.6) is 0 Å². The Labute approximate surface area is 111 Å². The van der Waals surface area contributed by atoms with Crippen LogP contribution in [0, 0.1) is 6.92 Å². The third-order valence-corrected chi connectivity index (χ3v) is 2.77. The van der Waals surface area contributed by atoms with Crippen LogP contribution in [-0.4, -0.2) is 11.7 Å². The van der Waals surface area contributed by atoms with Gasteiger partial charge in [0.1, 0.15) is 5.60 Å². The van der Waals surface area contributed by atoms with Gasteiger partial charge in [0, 0.05) is 11.0 Å². The predicted octanol–water partition coefficient (Wildman–Crippen LogP) is 3.78. The fourth-order valence-electron chi connectivity index (χ4n) is 1.28. The van der Waals surface area contributed by atoms with Gasteiger partial charge in [-0.1, -0.05) is 28.1 Å². The maximum atomic E-state index is 11.5. The number of aryl methyl sites for hydroxylation is 1. The van der Waals surface area contributed by atoms with Crippen molar-refractivity contribution in [2.24, 2.45) is 0 Å². The molecule has 0 spiro atoms. The molecule has 94 valence electrons. The summed E-state index contributed by atoms with van der Waals surface area (Å²) in [6.07, 6.45) is -0.398. The average molecular weight is 300 g/mol. The highest BCUT2D eigenvalue weighted by Gasteiger charge is 2.15. The number of benzene rings is 1. The van der Waals surface area contributed by atoms with E-state index < -0.39 is 11.7 Å². The van der Waals surface area contributed by atoms with Crippen molar-refractivity contribution in [3.8, 4) is 0 Å². The summed E-state index contributed by atoms with van der Waals surface area (Å²) in [5.41, 5.74) is 1.74. The van der Waals surface area contributed by atoms with Gasteiger partial charge in [-0.3, -0.25) is 0 Å². The molecule has 3 nitrogen and oxygen atoms in total. The Morgan fingerprint density at radius 3 is 2.59 bits per heavy atom. The third kappa shape index (κ3) is 5.22. The molecular weight excluding hydrogens is 282 g/mol. The second kappa shape index (κ2) is 5.54. The van der Waals surface area contributed by atoms with E-state index in [0.29, 0.717) is 6.54 Å². The Balaban J connectivity index is 2.53. The third-order valence-electron chi connectivity index (χ3n) is 2.03. The summed E-state index contributed by atoms with van der Waals surface area (Å²) < 4.78 is 6.15. The molecule has 0 unspecified atom stereocenters. The van der Waals surface area contributed by atoms with Crippen molar-refractivity contribution >= 4 is 22.0 Å². The lowest BCUT2D eigenvalue weighted by molar-refractivity contribution is 0.0523. The molecule has 1 aromatic carbocycles. The zero-order valence-corrected chi connectivity index (χ0v) is 12.2. The molecular formula is C13H18BrNO2. The van der Waals surface area contributed by atoms with Crippen LogP contribution in [0.15, 0.2) is 22.7 Å². The summed E-state index contributed by atoms with van der Waals surface area (Å²) in [4.78, 5) is 11.5. The minimum absolute atomic E-state index is 0.398. The van der Waals surface area contributed by atoms with Gasteiger partial charge in [-0.15, -0.1) is 0 Å². The molecule has 0 bridgehead atoms. The molecule has 0 aliphatic rings. The standard InChI is InChI=1S/C13H18BrNO2/c1-9-5-6-10(11(14)7-9)8-15-12(16)17-13(2,3)4/h5-7H,8H2,1-4H3,(H,15,16). The van der Waals surface area contributed by atoms with Crippen LogP contribution >= 0.6 is 15.9 Å². The zero-order chi connectivity index (χ0) is 13.1. The first-order valence-electron chi connectivity index (χ1n) is 5.50. The first kappa shape index (κ1) is 14.0. The Morgan fingerprint density at radius 2 is 2.06 bits per heavy atom. The first-order chi connectivity index (χ1) is 7.78. The second-order valence-electron chi connectivity index (χ2n) is 4.95. The number of alkyl carbamates (subject to hydrolysis) is 1. The van der Waals surface area contributed by atoms with Crippen LogP contribution in [0.4, 0.5) is 4.79 Å². The number of ether oxygens (including phenoxy) is 1. The maximum Gasteiger partial charge on any atom is 0.407 e. The largest absolute Gasteiger partial charge is 0.444 e. The fourth-order valence-corrected chi connectivity index (χ4v) is 1.91. The maximum absolute atomic E-state index is 11.5. The monoisotopic (exact) mass is 299 g/mol. The number of nitrogens with one attached hydrogen (secondary N) is 1. The number of hydrogen-bond acceptors (Lipinski definition) is 2. The second-order valence-corrected chi connectivity index (χ2v) is 5.80. The van der Waals surface area contributed by atoms with E-state index in [1.165, 1.54) is 5.56 Å². The van der Waals surface area contributed by atoms with Gasteiger partial charge in [0.25, 0.3) is 0 Å². The summed E-state index contributed by atoms with van der Waals surface area (Å²) in [7, 11) is 0. The SMILES string of the molecule is Cc1ccc(CNC(=O)OC(C)(C)C)c(Br)c1. The molecule has 1 amide bonds. The van der Waals surface area contributed by atoms with E-state index in [1.807, 2.05) is 45.9 Å². The Kier molecular flexibility index (Phi) is 4.57. The summed E-state index contributed by atoms with van der Waals surface area (Å²) >= 11 is 3.47. The summed E-state index contributed by atoms with van der Waals surface area (Å²) in [6, 6.07) is 6.01. The lowest BCUT2D eigenvalue weighted by atomic mass is 10.1. The van der Waals surface area contributed by atoms with E-state index in [9.17, 15) is 4.79 Å². The topological polar surface area (TPSA) is 38.3 Å². The molecule has 0 atom stereocenters. The van der Waals surface area contributed by atoms with Crippen molar-refractivity contribution in [1.29, 1.82) is 0 Å². The van der Waals surface area contributed by atoms with Gasteiger partial charge in [0.05, 0.1) is 0 Å². The molecule has 0 saturated carbocycles. The smallest absolute Gasteiger partial charge is 0.407 e. The van der Waals surface area contributed by atoms with Gasteiger partial charge in [-0.25, -0.2) is 4.79 Å². The van der Waals surface area contributed by atoms with E-state index in [1.54, 1.807) is 0 Å². The van der Waals surface area contributed by atoms with Crippen molar-refractivity contribution in [2.75, 3.05) is 0 Å². The van der Waals surface area contributed by atoms with Crippen molar-refractivity contribution < 1.29 is 9.53 Å². The quantitative estimate of drug-likeness (QED) is 0.902. The van der Waals surface area contributed by atoms with Crippen molar-refractivity contribution in [1.82, 2.24) is 5.32 Å². The molecule has 1 N–H and O–H groups in total. The number of hydrogen-bond donors (Lipinski definition) is 1. The van der Waals surface area contributed by atoms with Gasteiger partial charge in [-0.05, 0) is 44.9 Å². The zero-order valence-electron chi connectivity index (χ0n) is 10.6. The first-order valence-corrected chi connectivity index (χ1v) is 6.29. The van der Waals surface area contributed by atoms with Gasteiger partial charge in [-0.2, -0.15) is 0 Å². The lowest BCUT2D eigenvalue weighted by Crippen LogP contribution is -2.32. The van der Waals surface area contributed by atoms with E-state index in [4.69, 9.17) is 4.74 Å². The molecule has 1 aromatic rings. The highest BCUT2D eigenvalue weighted by Crippen LogP contribution is 2.18. The minimum Gasteiger partial charge on any atom is -0.444 e. The summed E-state index contributed by atoms with van der Waals surface area (Å²) in [5, 5.41) is 2.72. The number of rotatable bonds is 2. The number of carbonyl (C=O) groups excluding carboxylic acids is 1. The normalized spacial score (nSPS) is 11.1. The molecule has 4 heteroatoms. The Morgan fingerprint density at radius 1 is 1.41 bits per heavy atom. The lowest BCUT2D eigenvalue weighted by Gasteiger charge is -2.19. The summed E-state index contributed by atoms with van der Waals surface area (Å²) in [6.45, 7) is 8.00. The van der Waals surface area contributed by atoms with Crippen LogP contribution in [0.2, 0.25) is 0 Å². The Bertz CT molecular complexity index is 410. The predicted molar refractivity (Wildman–Crippen MR) is 72.0 cm³/mol. The molecule has 0 aliphatic heterocycles. The molecule has 0 aromatic heterocycles. The molecule has 0 fully saturated rings. The Hall–Kier alpha value is -1.03. The minimum atomic E-state index is -0.464. The number of carbonyl (C=O) groups is 1. The van der Waals surface area contributed by atoms with Gasteiger partial charge >= 0.3 is 6.09 Å². The van der Waals surface area contributed by atoms with Gasteiger partial charge in [0.15, 0.2) is 0 Å². The van der Waals surface area contributed by atoms with E-state index >= 15 is 0 Å². The fraction of sp³-hybridized carbons (Fsp3) is 0.462. The van der Waals surface area contributed by atoms with Crippen molar-refractivity contribution in [3.63, 3.8) is 0 Å². The summed E-state index contributed by atoms with van der Waals surface area (Å²) in [5.74, 6) is 0. The van der Waals surface area contributed by atoms with Crippen LogP contribution < -0.4 is 5.32 Å². The highest BCUT2D eigenvalue weighted by molar-refractivity contribution is 9.10. The van der Waals surface area contributed by atoms with Crippen LogP contribution in [0.3, 0.4) is 0 Å². The van der Waals surface area contributed by atoms with Crippen molar-refractivity contribution in [3.05, 3.63) is 33.8 Å². The molecule has 17 heavy (non-hydrogen) atoms. The molecule has 0 aliphatic carbocycles. The van der Waals surface area contributed by atoms with Crippen LogP contribution in [0.1, 0.15) is 31.9 Å². The van der Waals surface area contributed by atoms with Crippen LogP contribution in [0.25, 0.3) is 0 Å². The van der Waals surface area contributed by atoms with Gasteiger partial charge in [0.2, 0.25) is 0 Å². The van der Waals surface area contributed by atoms with E-state index in [2.05, 4.69) is 21.2 Å². The molecule has 0 heterocycles.